The van der Waals surface area contributed by atoms with Crippen LogP contribution in [0.3, 0.4) is 0 Å². The van der Waals surface area contributed by atoms with Crippen LogP contribution in [0.15, 0.2) is 18.2 Å². The summed E-state index contributed by atoms with van der Waals surface area (Å²) in [7, 11) is 0. The lowest BCUT2D eigenvalue weighted by atomic mass is 9.84. The third-order valence-electron chi connectivity index (χ3n) is 2.48. The topological polar surface area (TPSA) is 44.0 Å². The van der Waals surface area contributed by atoms with Gasteiger partial charge in [0.2, 0.25) is 0 Å². The molecule has 1 aromatic carbocycles. The summed E-state index contributed by atoms with van der Waals surface area (Å²) in [5, 5.41) is 18.5. The Morgan fingerprint density at radius 2 is 1.94 bits per heavy atom. The van der Waals surface area contributed by atoms with Crippen molar-refractivity contribution in [3.05, 3.63) is 34.9 Å². The second-order valence-corrected chi connectivity index (χ2v) is 4.95. The lowest BCUT2D eigenvalue weighted by Crippen LogP contribution is -2.12. The lowest BCUT2D eigenvalue weighted by molar-refractivity contribution is 0.443. The molecular formula is C14H17NO. The van der Waals surface area contributed by atoms with E-state index in [0.717, 1.165) is 16.7 Å². The summed E-state index contributed by atoms with van der Waals surface area (Å²) in [5.74, 6) is 0.349. The highest BCUT2D eigenvalue weighted by Gasteiger charge is 2.19. The van der Waals surface area contributed by atoms with Gasteiger partial charge in [0.05, 0.1) is 6.07 Å². The first-order valence-electron chi connectivity index (χ1n) is 5.26. The van der Waals surface area contributed by atoms with Gasteiger partial charge < -0.3 is 5.11 Å². The molecular weight excluding hydrogens is 198 g/mol. The number of rotatable bonds is 1. The molecule has 0 spiro atoms. The van der Waals surface area contributed by atoms with Crippen LogP contribution < -0.4 is 0 Å². The number of aryl methyl sites for hydroxylation is 1. The standard InChI is InChI=1S/C14H17NO/c1-10-8-11(6-5-7-15)9-12(13(10)16)14(2,3)4/h5-6,8-9,16H,1-4H3. The number of phenolic OH excluding ortho intramolecular Hbond substituents is 1. The van der Waals surface area contributed by atoms with Gasteiger partial charge in [0, 0.05) is 11.6 Å². The summed E-state index contributed by atoms with van der Waals surface area (Å²) in [6.07, 6.45) is 3.19. The van der Waals surface area contributed by atoms with Gasteiger partial charge in [0.1, 0.15) is 5.75 Å². The minimum Gasteiger partial charge on any atom is -0.507 e. The molecule has 0 bridgehead atoms. The molecule has 1 N–H and O–H groups in total. The highest BCUT2D eigenvalue weighted by atomic mass is 16.3. The first kappa shape index (κ1) is 12.3. The van der Waals surface area contributed by atoms with Crippen molar-refractivity contribution in [1.82, 2.24) is 0 Å². The monoisotopic (exact) mass is 215 g/mol. The average Bonchev–Trinajstić information content (AvgIpc) is 2.17. The predicted molar refractivity (Wildman–Crippen MR) is 66.2 cm³/mol. The zero-order valence-corrected chi connectivity index (χ0v) is 10.2. The average molecular weight is 215 g/mol. The molecule has 0 saturated heterocycles. The molecule has 0 unspecified atom stereocenters. The number of hydrogen-bond donors (Lipinski definition) is 1. The SMILES string of the molecule is Cc1cc(C=CC#N)cc(C(C)(C)C)c1O. The molecule has 0 atom stereocenters. The lowest BCUT2D eigenvalue weighted by Gasteiger charge is -2.22. The van der Waals surface area contributed by atoms with Gasteiger partial charge in [-0.05, 0) is 41.7 Å². The minimum absolute atomic E-state index is 0.106. The van der Waals surface area contributed by atoms with E-state index < -0.39 is 0 Å². The molecule has 1 rings (SSSR count). The summed E-state index contributed by atoms with van der Waals surface area (Å²) in [6.45, 7) is 8.03. The number of phenols is 1. The van der Waals surface area contributed by atoms with Crippen molar-refractivity contribution in [3.8, 4) is 11.8 Å². The van der Waals surface area contributed by atoms with Gasteiger partial charge >= 0.3 is 0 Å². The molecule has 0 heterocycles. The first-order chi connectivity index (χ1) is 7.36. The van der Waals surface area contributed by atoms with Gasteiger partial charge in [0.25, 0.3) is 0 Å². The van der Waals surface area contributed by atoms with Crippen molar-refractivity contribution >= 4 is 6.08 Å². The van der Waals surface area contributed by atoms with Crippen LogP contribution in [0.5, 0.6) is 5.75 Å². The Bertz CT molecular complexity index is 459. The minimum atomic E-state index is -0.106. The second kappa shape index (κ2) is 4.40. The highest BCUT2D eigenvalue weighted by Crippen LogP contribution is 2.34. The Hall–Kier alpha value is -1.75. The van der Waals surface area contributed by atoms with E-state index in [0.29, 0.717) is 5.75 Å². The molecule has 2 heteroatoms. The van der Waals surface area contributed by atoms with Gasteiger partial charge in [-0.1, -0.05) is 20.8 Å². The van der Waals surface area contributed by atoms with Crippen LogP contribution in [0.1, 0.15) is 37.5 Å². The predicted octanol–water partition coefficient (Wildman–Crippen LogP) is 3.53. The van der Waals surface area contributed by atoms with E-state index in [2.05, 4.69) is 20.8 Å². The summed E-state index contributed by atoms with van der Waals surface area (Å²) in [6, 6.07) is 5.77. The maximum Gasteiger partial charge on any atom is 0.122 e. The van der Waals surface area contributed by atoms with Crippen molar-refractivity contribution in [1.29, 1.82) is 5.26 Å². The van der Waals surface area contributed by atoms with Crippen LogP contribution in [0, 0.1) is 18.3 Å². The van der Waals surface area contributed by atoms with Crippen LogP contribution in [0.2, 0.25) is 0 Å². The maximum absolute atomic E-state index is 9.99. The first-order valence-corrected chi connectivity index (χ1v) is 5.26. The summed E-state index contributed by atoms with van der Waals surface area (Å²) in [4.78, 5) is 0. The highest BCUT2D eigenvalue weighted by molar-refractivity contribution is 5.58. The molecule has 16 heavy (non-hydrogen) atoms. The number of aromatic hydroxyl groups is 1. The maximum atomic E-state index is 9.99. The summed E-state index contributed by atoms with van der Waals surface area (Å²) >= 11 is 0. The molecule has 0 aliphatic rings. The van der Waals surface area contributed by atoms with Gasteiger partial charge in [-0.3, -0.25) is 0 Å². The van der Waals surface area contributed by atoms with E-state index in [9.17, 15) is 5.11 Å². The number of benzene rings is 1. The zero-order valence-electron chi connectivity index (χ0n) is 10.2. The molecule has 0 aliphatic heterocycles. The molecule has 0 radical (unpaired) electrons. The van der Waals surface area contributed by atoms with Crippen molar-refractivity contribution in [2.24, 2.45) is 0 Å². The van der Waals surface area contributed by atoms with Crippen LogP contribution in [-0.4, -0.2) is 5.11 Å². The summed E-state index contributed by atoms with van der Waals surface area (Å²) < 4.78 is 0. The zero-order chi connectivity index (χ0) is 12.3. The Morgan fingerprint density at radius 1 is 1.31 bits per heavy atom. The normalized spacial score (nSPS) is 11.7. The fourth-order valence-electron chi connectivity index (χ4n) is 1.61. The van der Waals surface area contributed by atoms with E-state index in [1.807, 2.05) is 25.1 Å². The summed E-state index contributed by atoms with van der Waals surface area (Å²) in [5.41, 5.74) is 2.59. The van der Waals surface area contributed by atoms with Gasteiger partial charge in [-0.15, -0.1) is 0 Å². The van der Waals surface area contributed by atoms with Crippen molar-refractivity contribution in [2.75, 3.05) is 0 Å². The molecule has 0 aliphatic carbocycles. The molecule has 84 valence electrons. The van der Waals surface area contributed by atoms with Gasteiger partial charge in [-0.2, -0.15) is 5.26 Å². The Balaban J connectivity index is 3.35. The number of allylic oxidation sites excluding steroid dienone is 1. The van der Waals surface area contributed by atoms with Crippen molar-refractivity contribution in [2.45, 2.75) is 33.1 Å². The molecule has 0 saturated carbocycles. The quantitative estimate of drug-likeness (QED) is 0.728. The number of nitriles is 1. The van der Waals surface area contributed by atoms with E-state index in [-0.39, 0.29) is 5.41 Å². The molecule has 1 aromatic rings. The van der Waals surface area contributed by atoms with E-state index >= 15 is 0 Å². The van der Waals surface area contributed by atoms with Crippen molar-refractivity contribution in [3.63, 3.8) is 0 Å². The van der Waals surface area contributed by atoms with E-state index in [4.69, 9.17) is 5.26 Å². The largest absolute Gasteiger partial charge is 0.507 e. The molecule has 0 amide bonds. The van der Waals surface area contributed by atoms with Crippen LogP contribution in [0.4, 0.5) is 0 Å². The number of nitrogens with zero attached hydrogens (tertiary/aromatic N) is 1. The Morgan fingerprint density at radius 3 is 2.44 bits per heavy atom. The molecule has 0 fully saturated rings. The van der Waals surface area contributed by atoms with Crippen molar-refractivity contribution < 1.29 is 5.11 Å². The fourth-order valence-corrected chi connectivity index (χ4v) is 1.61. The van der Waals surface area contributed by atoms with Gasteiger partial charge in [-0.25, -0.2) is 0 Å². The van der Waals surface area contributed by atoms with E-state index in [1.165, 1.54) is 6.08 Å². The number of hydrogen-bond acceptors (Lipinski definition) is 2. The molecule has 0 aromatic heterocycles. The van der Waals surface area contributed by atoms with E-state index in [1.54, 1.807) is 6.08 Å². The van der Waals surface area contributed by atoms with Crippen LogP contribution in [-0.2, 0) is 5.41 Å². The third-order valence-corrected chi connectivity index (χ3v) is 2.48. The van der Waals surface area contributed by atoms with Crippen LogP contribution >= 0.6 is 0 Å². The Kier molecular flexibility index (Phi) is 3.39. The smallest absolute Gasteiger partial charge is 0.122 e. The van der Waals surface area contributed by atoms with Crippen LogP contribution in [0.25, 0.3) is 6.08 Å². The second-order valence-electron chi connectivity index (χ2n) is 4.95. The molecule has 2 nitrogen and oxygen atoms in total. The third kappa shape index (κ3) is 2.64. The Labute approximate surface area is 96.8 Å². The fraction of sp³-hybridized carbons (Fsp3) is 0.357. The van der Waals surface area contributed by atoms with Gasteiger partial charge in [0.15, 0.2) is 0 Å².